The van der Waals surface area contributed by atoms with E-state index in [0.717, 1.165) is 0 Å². The van der Waals surface area contributed by atoms with Crippen LogP contribution >= 0.6 is 0 Å². The van der Waals surface area contributed by atoms with Gasteiger partial charge in [-0.15, -0.1) is 0 Å². The van der Waals surface area contributed by atoms with E-state index in [2.05, 4.69) is 4.79 Å². The molecule has 21 heavy (non-hydrogen) atoms. The molecule has 0 saturated carbocycles. The Hall–Kier alpha value is -2.84. The SMILES string of the molecule is [N-]=[N+]=C(CCC(=O)c1ccccc1)C(=O)c1ccccc1. The largest absolute Gasteiger partial charge is 0.361 e. The van der Waals surface area contributed by atoms with Gasteiger partial charge in [0.2, 0.25) is 0 Å². The molecule has 0 aromatic heterocycles. The lowest BCUT2D eigenvalue weighted by Crippen LogP contribution is -2.17. The van der Waals surface area contributed by atoms with E-state index in [1.54, 1.807) is 54.6 Å². The maximum absolute atomic E-state index is 12.1. The van der Waals surface area contributed by atoms with Crippen molar-refractivity contribution in [2.45, 2.75) is 12.8 Å². The zero-order chi connectivity index (χ0) is 15.1. The maximum Gasteiger partial charge on any atom is 0.339 e. The lowest BCUT2D eigenvalue weighted by Gasteiger charge is -1.99. The number of carbonyl (C=O) groups is 2. The second kappa shape index (κ2) is 7.08. The second-order valence-corrected chi connectivity index (χ2v) is 4.53. The number of hydrogen-bond donors (Lipinski definition) is 0. The molecule has 0 aliphatic rings. The van der Waals surface area contributed by atoms with Gasteiger partial charge < -0.3 is 5.53 Å². The summed E-state index contributed by atoms with van der Waals surface area (Å²) in [4.78, 5) is 27.1. The molecule has 104 valence electrons. The highest BCUT2D eigenvalue weighted by atomic mass is 16.1. The molecule has 0 saturated heterocycles. The third-order valence-corrected chi connectivity index (χ3v) is 3.10. The molecule has 0 aliphatic carbocycles. The van der Waals surface area contributed by atoms with Gasteiger partial charge in [0.15, 0.2) is 5.78 Å². The van der Waals surface area contributed by atoms with Crippen molar-refractivity contribution in [1.82, 2.24) is 0 Å². The fraction of sp³-hybridized carbons (Fsp3) is 0.118. The van der Waals surface area contributed by atoms with Gasteiger partial charge in [0.05, 0.1) is 6.42 Å². The summed E-state index contributed by atoms with van der Waals surface area (Å²) >= 11 is 0. The van der Waals surface area contributed by atoms with Crippen LogP contribution in [0.1, 0.15) is 33.6 Å². The zero-order valence-corrected chi connectivity index (χ0v) is 11.4. The van der Waals surface area contributed by atoms with Crippen molar-refractivity contribution < 1.29 is 14.4 Å². The molecule has 4 nitrogen and oxygen atoms in total. The highest BCUT2D eigenvalue weighted by Gasteiger charge is 2.22. The highest BCUT2D eigenvalue weighted by Crippen LogP contribution is 2.08. The number of carbonyl (C=O) groups excluding carboxylic acids is 2. The molecular weight excluding hydrogens is 264 g/mol. The van der Waals surface area contributed by atoms with Gasteiger partial charge in [-0.1, -0.05) is 60.7 Å². The normalized spacial score (nSPS) is 9.71. The van der Waals surface area contributed by atoms with Crippen molar-refractivity contribution in [2.75, 3.05) is 0 Å². The molecule has 2 aromatic carbocycles. The average molecular weight is 278 g/mol. The van der Waals surface area contributed by atoms with E-state index in [1.807, 2.05) is 6.07 Å². The predicted molar refractivity (Wildman–Crippen MR) is 79.4 cm³/mol. The van der Waals surface area contributed by atoms with Gasteiger partial charge in [-0.3, -0.25) is 9.59 Å². The van der Waals surface area contributed by atoms with Gasteiger partial charge >= 0.3 is 5.71 Å². The average Bonchev–Trinajstić information content (AvgIpc) is 2.56. The zero-order valence-electron chi connectivity index (χ0n) is 11.4. The van der Waals surface area contributed by atoms with Crippen molar-refractivity contribution >= 4 is 17.3 Å². The Balaban J connectivity index is 2.03. The van der Waals surface area contributed by atoms with Crippen LogP contribution in [0, 0.1) is 0 Å². The van der Waals surface area contributed by atoms with Crippen LogP contribution in [-0.4, -0.2) is 22.1 Å². The number of nitrogens with zero attached hydrogens (tertiary/aromatic N) is 2. The number of ketones is 2. The first-order chi connectivity index (χ1) is 10.2. The molecule has 0 amide bonds. The molecule has 4 heteroatoms. The summed E-state index contributed by atoms with van der Waals surface area (Å²) in [5, 5.41) is 0. The Morgan fingerprint density at radius 3 is 1.86 bits per heavy atom. The minimum absolute atomic E-state index is 0.00881. The second-order valence-electron chi connectivity index (χ2n) is 4.53. The molecule has 0 radical (unpaired) electrons. The van der Waals surface area contributed by atoms with Crippen LogP contribution in [-0.2, 0) is 0 Å². The van der Waals surface area contributed by atoms with Crippen molar-refractivity contribution in [2.24, 2.45) is 0 Å². The molecule has 0 heterocycles. The number of hydrogen-bond acceptors (Lipinski definition) is 2. The number of Topliss-reactive ketones (excluding diaryl/α,β-unsaturated/α-hetero) is 2. The minimum Gasteiger partial charge on any atom is -0.361 e. The van der Waals surface area contributed by atoms with Crippen molar-refractivity contribution in [3.63, 3.8) is 0 Å². The summed E-state index contributed by atoms with van der Waals surface area (Å²) < 4.78 is 0. The lowest BCUT2D eigenvalue weighted by molar-refractivity contribution is -0.00917. The molecule has 0 bridgehead atoms. The van der Waals surface area contributed by atoms with Gasteiger partial charge in [0.25, 0.3) is 5.78 Å². The summed E-state index contributed by atoms with van der Waals surface area (Å²) in [5.41, 5.74) is 10.0. The summed E-state index contributed by atoms with van der Waals surface area (Å²) in [6.45, 7) is 0. The quantitative estimate of drug-likeness (QED) is 0.352. The number of rotatable bonds is 6. The van der Waals surface area contributed by atoms with E-state index >= 15 is 0 Å². The van der Waals surface area contributed by atoms with Gasteiger partial charge in [0, 0.05) is 17.5 Å². The van der Waals surface area contributed by atoms with Crippen molar-refractivity contribution in [1.29, 1.82) is 0 Å². The van der Waals surface area contributed by atoms with Gasteiger partial charge in [-0.25, -0.2) is 0 Å². The first-order valence-electron chi connectivity index (χ1n) is 6.61. The first kappa shape index (κ1) is 14.6. The maximum atomic E-state index is 12.1. The topological polar surface area (TPSA) is 70.5 Å². The van der Waals surface area contributed by atoms with E-state index in [1.165, 1.54) is 0 Å². The van der Waals surface area contributed by atoms with E-state index in [9.17, 15) is 9.59 Å². The summed E-state index contributed by atoms with van der Waals surface area (Å²) in [5.74, 6) is -0.448. The van der Waals surface area contributed by atoms with Crippen LogP contribution in [0.4, 0.5) is 0 Å². The van der Waals surface area contributed by atoms with Gasteiger partial charge in [-0.2, -0.15) is 4.79 Å². The van der Waals surface area contributed by atoms with Crippen LogP contribution in [0.15, 0.2) is 60.7 Å². The fourth-order valence-electron chi connectivity index (χ4n) is 1.97. The standard InChI is InChI=1S/C17H14N2O2/c18-19-15(17(21)14-9-5-2-6-10-14)11-12-16(20)13-7-3-1-4-8-13/h1-10H,11-12H2. The van der Waals surface area contributed by atoms with E-state index in [-0.39, 0.29) is 30.1 Å². The molecule has 0 fully saturated rings. The Morgan fingerprint density at radius 1 is 0.810 bits per heavy atom. The van der Waals surface area contributed by atoms with E-state index < -0.39 is 0 Å². The third kappa shape index (κ3) is 3.81. The summed E-state index contributed by atoms with van der Waals surface area (Å²) in [6, 6.07) is 17.4. The van der Waals surface area contributed by atoms with E-state index in [0.29, 0.717) is 11.1 Å². The Bertz CT molecular complexity index is 687. The van der Waals surface area contributed by atoms with Crippen LogP contribution in [0.25, 0.3) is 5.53 Å². The number of benzene rings is 2. The van der Waals surface area contributed by atoms with Crippen LogP contribution in [0.5, 0.6) is 0 Å². The Morgan fingerprint density at radius 2 is 1.33 bits per heavy atom. The molecule has 2 rings (SSSR count). The van der Waals surface area contributed by atoms with Crippen LogP contribution in [0.3, 0.4) is 0 Å². The monoisotopic (exact) mass is 278 g/mol. The molecule has 0 unspecified atom stereocenters. The van der Waals surface area contributed by atoms with E-state index in [4.69, 9.17) is 5.53 Å². The highest BCUT2D eigenvalue weighted by molar-refractivity contribution is 6.44. The lowest BCUT2D eigenvalue weighted by atomic mass is 10.00. The first-order valence-corrected chi connectivity index (χ1v) is 6.61. The van der Waals surface area contributed by atoms with Crippen molar-refractivity contribution in [3.05, 3.63) is 77.3 Å². The predicted octanol–water partition coefficient (Wildman–Crippen LogP) is 3.20. The van der Waals surface area contributed by atoms with Crippen molar-refractivity contribution in [3.8, 4) is 0 Å². The summed E-state index contributed by atoms with van der Waals surface area (Å²) in [6.07, 6.45) is 0.236. The fourth-order valence-corrected chi connectivity index (χ4v) is 1.97. The van der Waals surface area contributed by atoms with Gasteiger partial charge in [-0.05, 0) is 0 Å². The molecule has 0 atom stereocenters. The Labute approximate surface area is 122 Å². The summed E-state index contributed by atoms with van der Waals surface area (Å²) in [7, 11) is 0. The van der Waals surface area contributed by atoms with Crippen LogP contribution < -0.4 is 0 Å². The van der Waals surface area contributed by atoms with Gasteiger partial charge in [0.1, 0.15) is 0 Å². The molecule has 0 spiro atoms. The van der Waals surface area contributed by atoms with Crippen LogP contribution in [0.2, 0.25) is 0 Å². The third-order valence-electron chi connectivity index (χ3n) is 3.10. The molecule has 0 aliphatic heterocycles. The minimum atomic E-state index is -0.362. The Kier molecular flexibility index (Phi) is 4.91. The molecule has 2 aromatic rings. The molecular formula is C17H14N2O2. The smallest absolute Gasteiger partial charge is 0.339 e. The molecule has 0 N–H and O–H groups in total.